The molecule has 0 bridgehead atoms. The summed E-state index contributed by atoms with van der Waals surface area (Å²) in [5.41, 5.74) is 5.66. The second-order valence-corrected chi connectivity index (χ2v) is 2.93. The fourth-order valence-electron chi connectivity index (χ4n) is 1.38. The molecule has 0 aromatic heterocycles. The molecule has 1 nitrogen and oxygen atoms in total. The Bertz CT molecular complexity index is 78.5. The van der Waals surface area contributed by atoms with Crippen molar-refractivity contribution < 1.29 is 0 Å². The molecule has 8 heavy (non-hydrogen) atoms. The van der Waals surface area contributed by atoms with Crippen molar-refractivity contribution in [2.75, 3.05) is 0 Å². The molecule has 1 fully saturated rings. The summed E-state index contributed by atoms with van der Waals surface area (Å²) in [6.45, 7) is 4.35. The van der Waals surface area contributed by atoms with Crippen LogP contribution in [0.1, 0.15) is 26.7 Å². The molecule has 0 aliphatic heterocycles. The second kappa shape index (κ2) is 2.06. The van der Waals surface area contributed by atoms with Crippen LogP contribution in [-0.2, 0) is 0 Å². The van der Waals surface area contributed by atoms with Gasteiger partial charge in [-0.05, 0) is 25.2 Å². The predicted molar refractivity (Wildman–Crippen MR) is 35.5 cm³/mol. The van der Waals surface area contributed by atoms with Gasteiger partial charge < -0.3 is 5.73 Å². The molecule has 0 radical (unpaired) electrons. The first-order chi connectivity index (χ1) is 3.75. The maximum absolute atomic E-state index is 5.66. The molecule has 3 atom stereocenters. The van der Waals surface area contributed by atoms with Gasteiger partial charge >= 0.3 is 0 Å². The number of hydrogen-bond donors (Lipinski definition) is 1. The Morgan fingerprint density at radius 2 is 2.38 bits per heavy atom. The van der Waals surface area contributed by atoms with E-state index in [0.717, 1.165) is 11.8 Å². The first kappa shape index (κ1) is 6.09. The van der Waals surface area contributed by atoms with Crippen LogP contribution in [0, 0.1) is 11.8 Å². The van der Waals surface area contributed by atoms with Crippen LogP contribution in [-0.4, -0.2) is 6.04 Å². The molecule has 1 aliphatic carbocycles. The summed E-state index contributed by atoms with van der Waals surface area (Å²) in [7, 11) is 0. The molecule has 0 aromatic rings. The van der Waals surface area contributed by atoms with Crippen LogP contribution in [0.15, 0.2) is 0 Å². The molecule has 1 aliphatic rings. The maximum Gasteiger partial charge on any atom is 0.00415 e. The standard InChI is InChI=1S/C7H15N/c1-3-6-4-7(6)5(2)8/h5-7H,3-4,8H2,1-2H3. The van der Waals surface area contributed by atoms with Crippen molar-refractivity contribution in [1.82, 2.24) is 0 Å². The summed E-state index contributed by atoms with van der Waals surface area (Å²) in [6.07, 6.45) is 2.71. The molecular formula is C7H15N. The lowest BCUT2D eigenvalue weighted by atomic mass is 10.2. The Kier molecular flexibility index (Phi) is 1.57. The van der Waals surface area contributed by atoms with Crippen LogP contribution in [0.5, 0.6) is 0 Å². The zero-order chi connectivity index (χ0) is 6.15. The first-order valence-electron chi connectivity index (χ1n) is 3.51. The third-order valence-corrected chi connectivity index (χ3v) is 2.18. The molecule has 0 aromatic carbocycles. The van der Waals surface area contributed by atoms with E-state index in [0.29, 0.717) is 6.04 Å². The van der Waals surface area contributed by atoms with Crippen LogP contribution >= 0.6 is 0 Å². The van der Waals surface area contributed by atoms with Gasteiger partial charge in [0.25, 0.3) is 0 Å². The number of rotatable bonds is 2. The Balaban J connectivity index is 2.16. The summed E-state index contributed by atoms with van der Waals surface area (Å²) in [5.74, 6) is 1.83. The molecule has 0 heterocycles. The average molecular weight is 113 g/mol. The smallest absolute Gasteiger partial charge is 0.00415 e. The minimum Gasteiger partial charge on any atom is -0.328 e. The third-order valence-electron chi connectivity index (χ3n) is 2.18. The molecule has 1 rings (SSSR count). The minimum absolute atomic E-state index is 0.444. The van der Waals surface area contributed by atoms with Gasteiger partial charge in [0, 0.05) is 6.04 Å². The Hall–Kier alpha value is -0.0400. The van der Waals surface area contributed by atoms with E-state index >= 15 is 0 Å². The lowest BCUT2D eigenvalue weighted by molar-refractivity contribution is 0.580. The lowest BCUT2D eigenvalue weighted by Crippen LogP contribution is -2.18. The van der Waals surface area contributed by atoms with Gasteiger partial charge in [-0.25, -0.2) is 0 Å². The lowest BCUT2D eigenvalue weighted by Gasteiger charge is -1.99. The highest BCUT2D eigenvalue weighted by Crippen LogP contribution is 2.42. The molecule has 2 N–H and O–H groups in total. The number of nitrogens with two attached hydrogens (primary N) is 1. The van der Waals surface area contributed by atoms with Crippen molar-refractivity contribution in [1.29, 1.82) is 0 Å². The molecule has 3 unspecified atom stereocenters. The van der Waals surface area contributed by atoms with E-state index in [1.54, 1.807) is 0 Å². The van der Waals surface area contributed by atoms with E-state index < -0.39 is 0 Å². The highest BCUT2D eigenvalue weighted by molar-refractivity contribution is 4.90. The zero-order valence-corrected chi connectivity index (χ0v) is 5.72. The van der Waals surface area contributed by atoms with Crippen molar-refractivity contribution >= 4 is 0 Å². The third kappa shape index (κ3) is 1.03. The van der Waals surface area contributed by atoms with E-state index in [2.05, 4.69) is 13.8 Å². The van der Waals surface area contributed by atoms with Gasteiger partial charge in [0.1, 0.15) is 0 Å². The van der Waals surface area contributed by atoms with E-state index in [1.165, 1.54) is 12.8 Å². The maximum atomic E-state index is 5.66. The van der Waals surface area contributed by atoms with Gasteiger partial charge in [-0.15, -0.1) is 0 Å². The van der Waals surface area contributed by atoms with Gasteiger partial charge in [0.15, 0.2) is 0 Å². The summed E-state index contributed by atoms with van der Waals surface area (Å²) in [4.78, 5) is 0. The molecule has 48 valence electrons. The predicted octanol–water partition coefficient (Wildman–Crippen LogP) is 1.38. The van der Waals surface area contributed by atoms with Crippen molar-refractivity contribution in [3.8, 4) is 0 Å². The summed E-state index contributed by atoms with van der Waals surface area (Å²) >= 11 is 0. The largest absolute Gasteiger partial charge is 0.328 e. The topological polar surface area (TPSA) is 26.0 Å². The summed E-state index contributed by atoms with van der Waals surface area (Å²) < 4.78 is 0. The monoisotopic (exact) mass is 113 g/mol. The zero-order valence-electron chi connectivity index (χ0n) is 5.72. The molecule has 0 spiro atoms. The SMILES string of the molecule is CCC1CC1C(C)N. The normalized spacial score (nSPS) is 39.4. The van der Waals surface area contributed by atoms with Gasteiger partial charge in [-0.3, -0.25) is 0 Å². The van der Waals surface area contributed by atoms with Crippen LogP contribution in [0.2, 0.25) is 0 Å². The van der Waals surface area contributed by atoms with E-state index in [4.69, 9.17) is 5.73 Å². The van der Waals surface area contributed by atoms with Crippen LogP contribution in [0.3, 0.4) is 0 Å². The van der Waals surface area contributed by atoms with Gasteiger partial charge in [-0.1, -0.05) is 13.3 Å². The first-order valence-corrected chi connectivity index (χ1v) is 3.51. The molecule has 1 saturated carbocycles. The minimum atomic E-state index is 0.444. The van der Waals surface area contributed by atoms with Gasteiger partial charge in [0.2, 0.25) is 0 Å². The fourth-order valence-corrected chi connectivity index (χ4v) is 1.38. The summed E-state index contributed by atoms with van der Waals surface area (Å²) in [6, 6.07) is 0.444. The van der Waals surface area contributed by atoms with Crippen molar-refractivity contribution in [2.24, 2.45) is 17.6 Å². The molecular weight excluding hydrogens is 98.1 g/mol. The fraction of sp³-hybridized carbons (Fsp3) is 1.00. The Labute approximate surface area is 51.3 Å². The highest BCUT2D eigenvalue weighted by Gasteiger charge is 2.37. The Morgan fingerprint density at radius 1 is 1.75 bits per heavy atom. The van der Waals surface area contributed by atoms with Gasteiger partial charge in [-0.2, -0.15) is 0 Å². The Morgan fingerprint density at radius 3 is 2.50 bits per heavy atom. The molecule has 1 heteroatoms. The molecule has 0 amide bonds. The van der Waals surface area contributed by atoms with Crippen LogP contribution < -0.4 is 5.73 Å². The highest BCUT2D eigenvalue weighted by atomic mass is 14.7. The quantitative estimate of drug-likeness (QED) is 0.575. The van der Waals surface area contributed by atoms with Crippen molar-refractivity contribution in [3.63, 3.8) is 0 Å². The van der Waals surface area contributed by atoms with Crippen molar-refractivity contribution in [3.05, 3.63) is 0 Å². The summed E-state index contributed by atoms with van der Waals surface area (Å²) in [5, 5.41) is 0. The number of hydrogen-bond acceptors (Lipinski definition) is 1. The average Bonchev–Trinajstić information content (AvgIpc) is 2.42. The van der Waals surface area contributed by atoms with Gasteiger partial charge in [0.05, 0.1) is 0 Å². The van der Waals surface area contributed by atoms with E-state index in [-0.39, 0.29) is 0 Å². The van der Waals surface area contributed by atoms with Crippen LogP contribution in [0.4, 0.5) is 0 Å². The van der Waals surface area contributed by atoms with Crippen molar-refractivity contribution in [2.45, 2.75) is 32.7 Å². The van der Waals surface area contributed by atoms with E-state index in [1.807, 2.05) is 0 Å². The second-order valence-electron chi connectivity index (χ2n) is 2.93. The van der Waals surface area contributed by atoms with E-state index in [9.17, 15) is 0 Å². The molecule has 0 saturated heterocycles. The van der Waals surface area contributed by atoms with Crippen LogP contribution in [0.25, 0.3) is 0 Å².